The second kappa shape index (κ2) is 10.9. The van der Waals surface area contributed by atoms with E-state index in [4.69, 9.17) is 0 Å². The number of anilines is 1. The van der Waals surface area contributed by atoms with E-state index in [1.54, 1.807) is 17.0 Å². The van der Waals surface area contributed by atoms with Gasteiger partial charge in [-0.05, 0) is 55.5 Å². The predicted molar refractivity (Wildman–Crippen MR) is 136 cm³/mol. The Labute approximate surface area is 207 Å². The van der Waals surface area contributed by atoms with Gasteiger partial charge in [-0.3, -0.25) is 14.5 Å². The van der Waals surface area contributed by atoms with Crippen LogP contribution >= 0.6 is 0 Å². The van der Waals surface area contributed by atoms with Gasteiger partial charge >= 0.3 is 0 Å². The maximum absolute atomic E-state index is 13.3. The molecule has 0 aromatic heterocycles. The second-order valence-corrected chi connectivity index (χ2v) is 11.2. The molecule has 2 fully saturated rings. The maximum Gasteiger partial charge on any atom is 0.254 e. The zero-order valence-electron chi connectivity index (χ0n) is 20.5. The van der Waals surface area contributed by atoms with Gasteiger partial charge in [-0.1, -0.05) is 31.2 Å². The van der Waals surface area contributed by atoms with Crippen molar-refractivity contribution in [1.29, 1.82) is 0 Å². The number of hydrogen-bond donors (Lipinski definition) is 1. The highest BCUT2D eigenvalue weighted by molar-refractivity contribution is 7.89. The topological polar surface area (TPSA) is 90.0 Å². The summed E-state index contributed by atoms with van der Waals surface area (Å²) in [6, 6.07) is 12.6. The Morgan fingerprint density at radius 2 is 1.63 bits per heavy atom. The molecule has 2 aromatic carbocycles. The number of carbonyl (C=O) groups is 2. The monoisotopic (exact) mass is 498 g/mol. The molecule has 0 unspecified atom stereocenters. The summed E-state index contributed by atoms with van der Waals surface area (Å²) in [5.74, 6) is -0.233. The lowest BCUT2D eigenvalue weighted by molar-refractivity contribution is -0.117. The first-order valence-corrected chi connectivity index (χ1v) is 13.7. The Morgan fingerprint density at radius 3 is 2.31 bits per heavy atom. The van der Waals surface area contributed by atoms with Gasteiger partial charge in [-0.2, -0.15) is 4.31 Å². The Morgan fingerprint density at radius 1 is 0.943 bits per heavy atom. The number of rotatable bonds is 7. The minimum Gasteiger partial charge on any atom is -0.336 e. The molecule has 2 aliphatic heterocycles. The van der Waals surface area contributed by atoms with E-state index < -0.39 is 10.0 Å². The zero-order chi connectivity index (χ0) is 25.0. The van der Waals surface area contributed by atoms with Gasteiger partial charge in [0.05, 0.1) is 11.4 Å². The fraction of sp³-hybridized carbons (Fsp3) is 0.462. The number of piperazine rings is 1. The normalized spacial score (nSPS) is 17.5. The minimum atomic E-state index is -3.59. The summed E-state index contributed by atoms with van der Waals surface area (Å²) in [5.41, 5.74) is 3.12. The van der Waals surface area contributed by atoms with Crippen LogP contribution in [0.2, 0.25) is 0 Å². The average molecular weight is 499 g/mol. The summed E-state index contributed by atoms with van der Waals surface area (Å²) >= 11 is 0. The Balaban J connectivity index is 1.36. The number of amides is 2. The first kappa shape index (κ1) is 25.3. The van der Waals surface area contributed by atoms with Crippen molar-refractivity contribution in [1.82, 2.24) is 14.1 Å². The molecule has 0 radical (unpaired) electrons. The molecular weight excluding hydrogens is 464 g/mol. The van der Waals surface area contributed by atoms with Gasteiger partial charge in [0.15, 0.2) is 0 Å². The van der Waals surface area contributed by atoms with E-state index in [1.165, 1.54) is 10.4 Å². The molecule has 0 saturated carbocycles. The number of nitrogens with one attached hydrogen (secondary N) is 1. The first-order valence-electron chi connectivity index (χ1n) is 12.3. The van der Waals surface area contributed by atoms with E-state index in [0.29, 0.717) is 44.8 Å². The maximum atomic E-state index is 13.3. The summed E-state index contributed by atoms with van der Waals surface area (Å²) in [6.45, 7) is 7.34. The summed E-state index contributed by atoms with van der Waals surface area (Å²) in [6.07, 6.45) is 2.58. The minimum absolute atomic E-state index is 0.0682. The van der Waals surface area contributed by atoms with E-state index in [1.807, 2.05) is 36.1 Å². The van der Waals surface area contributed by atoms with Crippen LogP contribution in [0.1, 0.15) is 41.3 Å². The molecule has 0 spiro atoms. The molecule has 35 heavy (non-hydrogen) atoms. The standard InChI is InChI=1S/C26H34N4O4S/c1-3-21-8-4-5-9-24(21)27-25(31)19-28-14-16-29(17-15-28)26(32)23-18-22(11-10-20(23)2)35(33,34)30-12-6-7-13-30/h4-5,8-11,18H,3,6-7,12-17,19H2,1-2H3,(H,27,31). The Hall–Kier alpha value is -2.75. The molecule has 8 nitrogen and oxygen atoms in total. The highest BCUT2D eigenvalue weighted by atomic mass is 32.2. The number of benzene rings is 2. The SMILES string of the molecule is CCc1ccccc1NC(=O)CN1CCN(C(=O)c2cc(S(=O)(=O)N3CCCC3)ccc2C)CC1. The van der Waals surface area contributed by atoms with Crippen molar-refractivity contribution < 1.29 is 18.0 Å². The van der Waals surface area contributed by atoms with E-state index in [2.05, 4.69) is 12.2 Å². The van der Waals surface area contributed by atoms with E-state index in [9.17, 15) is 18.0 Å². The number of hydrogen-bond acceptors (Lipinski definition) is 5. The molecule has 4 rings (SSSR count). The van der Waals surface area contributed by atoms with Gasteiger partial charge in [0, 0.05) is 50.5 Å². The third kappa shape index (κ3) is 5.74. The molecule has 2 heterocycles. The van der Waals surface area contributed by atoms with Crippen LogP contribution in [0.4, 0.5) is 5.69 Å². The molecule has 2 saturated heterocycles. The van der Waals surface area contributed by atoms with E-state index >= 15 is 0 Å². The van der Waals surface area contributed by atoms with Crippen molar-refractivity contribution in [3.05, 3.63) is 59.2 Å². The predicted octanol–water partition coefficient (Wildman–Crippen LogP) is 2.74. The number of nitrogens with zero attached hydrogens (tertiary/aromatic N) is 3. The van der Waals surface area contributed by atoms with Crippen LogP contribution in [0.25, 0.3) is 0 Å². The molecule has 0 bridgehead atoms. The van der Waals surface area contributed by atoms with Crippen LogP contribution in [0.5, 0.6) is 0 Å². The average Bonchev–Trinajstić information content (AvgIpc) is 3.41. The molecular formula is C26H34N4O4S. The van der Waals surface area contributed by atoms with Crippen LogP contribution in [-0.2, 0) is 21.2 Å². The number of carbonyl (C=O) groups excluding carboxylic acids is 2. The summed E-state index contributed by atoms with van der Waals surface area (Å²) in [5, 5.41) is 3.00. The highest BCUT2D eigenvalue weighted by Gasteiger charge is 2.29. The van der Waals surface area contributed by atoms with Crippen LogP contribution in [0, 0.1) is 6.92 Å². The molecule has 0 aliphatic carbocycles. The molecule has 2 aromatic rings. The summed E-state index contributed by atoms with van der Waals surface area (Å²) in [4.78, 5) is 29.8. The van der Waals surface area contributed by atoms with Crippen LogP contribution < -0.4 is 5.32 Å². The third-order valence-electron chi connectivity index (χ3n) is 6.84. The van der Waals surface area contributed by atoms with Crippen molar-refractivity contribution in [2.24, 2.45) is 0 Å². The van der Waals surface area contributed by atoms with Gasteiger partial charge in [0.1, 0.15) is 0 Å². The molecule has 2 amide bonds. The summed E-state index contributed by atoms with van der Waals surface area (Å²) < 4.78 is 27.4. The molecule has 9 heteroatoms. The third-order valence-corrected chi connectivity index (χ3v) is 8.74. The highest BCUT2D eigenvalue weighted by Crippen LogP contribution is 2.24. The number of para-hydroxylation sites is 1. The molecule has 0 atom stereocenters. The molecule has 1 N–H and O–H groups in total. The lowest BCUT2D eigenvalue weighted by Crippen LogP contribution is -2.50. The van der Waals surface area contributed by atoms with Crippen molar-refractivity contribution in [2.75, 3.05) is 51.1 Å². The van der Waals surface area contributed by atoms with Gasteiger partial charge in [0.2, 0.25) is 15.9 Å². The van der Waals surface area contributed by atoms with Crippen LogP contribution in [0.3, 0.4) is 0 Å². The first-order chi connectivity index (χ1) is 16.8. The van der Waals surface area contributed by atoms with Crippen molar-refractivity contribution in [3.63, 3.8) is 0 Å². The van der Waals surface area contributed by atoms with E-state index in [0.717, 1.165) is 36.1 Å². The zero-order valence-corrected chi connectivity index (χ0v) is 21.3. The van der Waals surface area contributed by atoms with Crippen LogP contribution in [0.15, 0.2) is 47.4 Å². The number of aryl methyl sites for hydroxylation is 2. The van der Waals surface area contributed by atoms with Gasteiger partial charge in [-0.25, -0.2) is 8.42 Å². The fourth-order valence-corrected chi connectivity index (χ4v) is 6.24. The van der Waals surface area contributed by atoms with Crippen molar-refractivity contribution >= 4 is 27.5 Å². The Bertz CT molecular complexity index is 1180. The quantitative estimate of drug-likeness (QED) is 0.634. The van der Waals surface area contributed by atoms with Gasteiger partial charge < -0.3 is 10.2 Å². The number of sulfonamides is 1. The lowest BCUT2D eigenvalue weighted by Gasteiger charge is -2.34. The molecule has 188 valence electrons. The fourth-order valence-electron chi connectivity index (χ4n) is 4.69. The van der Waals surface area contributed by atoms with Gasteiger partial charge in [0.25, 0.3) is 5.91 Å². The van der Waals surface area contributed by atoms with Gasteiger partial charge in [-0.15, -0.1) is 0 Å². The van der Waals surface area contributed by atoms with Crippen LogP contribution in [-0.4, -0.2) is 80.2 Å². The van der Waals surface area contributed by atoms with E-state index in [-0.39, 0.29) is 23.3 Å². The lowest BCUT2D eigenvalue weighted by atomic mass is 10.1. The Kier molecular flexibility index (Phi) is 7.88. The smallest absolute Gasteiger partial charge is 0.254 e. The van der Waals surface area contributed by atoms with Crippen molar-refractivity contribution in [3.8, 4) is 0 Å². The van der Waals surface area contributed by atoms with Crippen molar-refractivity contribution in [2.45, 2.75) is 38.0 Å². The second-order valence-electron chi connectivity index (χ2n) is 9.22. The molecule has 2 aliphatic rings. The summed E-state index contributed by atoms with van der Waals surface area (Å²) in [7, 11) is -3.59. The largest absolute Gasteiger partial charge is 0.336 e.